The van der Waals surface area contributed by atoms with E-state index in [9.17, 15) is 36.0 Å². The number of allylic oxidation sites excluding steroid dienone is 1. The molecular formula is C48H59F4N5O10S. The maximum atomic E-state index is 15.4. The van der Waals surface area contributed by atoms with Gasteiger partial charge in [-0.2, -0.15) is 13.2 Å². The van der Waals surface area contributed by atoms with Crippen LogP contribution in [0.2, 0.25) is 0 Å². The predicted molar refractivity (Wildman–Crippen MR) is 243 cm³/mol. The Labute approximate surface area is 393 Å². The summed E-state index contributed by atoms with van der Waals surface area (Å²) in [6.07, 6.45) is -2.14. The SMILES string of the molecule is COc1cc2cc(-c3ccc(OC(C)C)cc3)nc(O[C@@H]3C[C@H]4C(=O)N[C@]5(C(=O)NS(=O)(=O)C6(C)CC6)C[C@H]5/C=C\CC[C@H](C)C[C@@H](C)[C@H](NC(=O)OC(C)(C)C(F)(F)F)C(=O)N4C3)c2cc1F. The van der Waals surface area contributed by atoms with Crippen LogP contribution in [0.3, 0.4) is 0 Å². The Hall–Kier alpha value is -5.66. The molecule has 2 saturated carbocycles. The van der Waals surface area contributed by atoms with Crippen molar-refractivity contribution in [2.45, 2.75) is 140 Å². The highest BCUT2D eigenvalue weighted by Crippen LogP contribution is 2.48. The fourth-order valence-electron chi connectivity index (χ4n) is 8.79. The molecule has 0 radical (unpaired) electrons. The standard InChI is InChI=1S/C48H59F4N5O10S/c1-26(2)65-32-15-13-29(14-16-32)36-20-30-21-38(64-8)35(49)23-34(30)41(53-36)66-33-22-37-40(58)55-47(43(60)56-68(62,63)46(7)17-18-46)24-31(47)12-10-9-11-27(3)19-28(4)39(42(59)57(37)25-33)54-44(61)67-45(5,6)48(50,51)52/h10,12-16,20-21,23,26-28,31,33,37,39H,9,11,17-19,22,24-25H2,1-8H3,(H,54,61)(H,55,58)(H,56,60)/b12-10-/t27-,28+,31+,33+,37-,39-,47+/m0/s1. The molecule has 7 rings (SSSR count). The number of hydrogen-bond acceptors (Lipinski definition) is 11. The highest BCUT2D eigenvalue weighted by molar-refractivity contribution is 7.91. The van der Waals surface area contributed by atoms with Gasteiger partial charge in [0.05, 0.1) is 30.2 Å². The van der Waals surface area contributed by atoms with E-state index in [2.05, 4.69) is 15.4 Å². The first-order chi connectivity index (χ1) is 31.8. The summed E-state index contributed by atoms with van der Waals surface area (Å²) >= 11 is 0. The van der Waals surface area contributed by atoms with Gasteiger partial charge < -0.3 is 34.5 Å². The summed E-state index contributed by atoms with van der Waals surface area (Å²) in [5.74, 6) is -4.30. The molecule has 2 aliphatic heterocycles. The van der Waals surface area contributed by atoms with Crippen LogP contribution >= 0.6 is 0 Å². The smallest absolute Gasteiger partial charge is 0.427 e. The number of sulfonamides is 1. The number of carbonyl (C=O) groups excluding carboxylic acids is 4. The zero-order chi connectivity index (χ0) is 49.7. The van der Waals surface area contributed by atoms with Gasteiger partial charge in [0, 0.05) is 23.3 Å². The quantitative estimate of drug-likeness (QED) is 0.127. The number of amides is 4. The number of aromatic nitrogens is 1. The molecule has 15 nitrogen and oxygen atoms in total. The van der Waals surface area contributed by atoms with Gasteiger partial charge in [-0.15, -0.1) is 0 Å². The number of alkyl carbamates (subject to hydrolysis) is 1. The van der Waals surface area contributed by atoms with Crippen LogP contribution in [0.15, 0.2) is 54.6 Å². The molecule has 2 aromatic carbocycles. The van der Waals surface area contributed by atoms with Crippen molar-refractivity contribution in [2.24, 2.45) is 17.8 Å². The number of fused-ring (bicyclic) bond motifs is 3. The van der Waals surface area contributed by atoms with E-state index in [1.807, 2.05) is 26.8 Å². The van der Waals surface area contributed by atoms with Crippen molar-refractivity contribution in [2.75, 3.05) is 13.7 Å². The molecule has 4 aliphatic rings. The largest absolute Gasteiger partial charge is 0.494 e. The third-order valence-electron chi connectivity index (χ3n) is 13.4. The number of rotatable bonds is 11. The summed E-state index contributed by atoms with van der Waals surface area (Å²) in [5.41, 5.74) is -3.61. The van der Waals surface area contributed by atoms with Crippen LogP contribution in [-0.4, -0.2) is 102 Å². The Morgan fingerprint density at radius 2 is 1.72 bits per heavy atom. The Kier molecular flexibility index (Phi) is 13.8. The lowest BCUT2D eigenvalue weighted by Crippen LogP contribution is -2.59. The molecule has 0 bridgehead atoms. The van der Waals surface area contributed by atoms with Gasteiger partial charge in [0.15, 0.2) is 11.6 Å². The molecule has 4 amide bonds. The highest BCUT2D eigenvalue weighted by atomic mass is 32.2. The number of carbonyl (C=O) groups is 4. The summed E-state index contributed by atoms with van der Waals surface area (Å²) < 4.78 is 107. The van der Waals surface area contributed by atoms with Gasteiger partial charge >= 0.3 is 12.3 Å². The summed E-state index contributed by atoms with van der Waals surface area (Å²) in [5, 5.41) is 5.85. The lowest BCUT2D eigenvalue weighted by Gasteiger charge is -2.34. The molecule has 7 atom stereocenters. The Balaban J connectivity index is 1.28. The number of benzene rings is 2. The van der Waals surface area contributed by atoms with Crippen molar-refractivity contribution in [1.82, 2.24) is 25.2 Å². The number of hydrogen-bond donors (Lipinski definition) is 3. The van der Waals surface area contributed by atoms with E-state index in [1.165, 1.54) is 26.2 Å². The number of ether oxygens (including phenoxy) is 4. The average Bonchev–Trinajstić information content (AvgIpc) is 4.13. The Morgan fingerprint density at radius 3 is 2.35 bits per heavy atom. The minimum atomic E-state index is -4.96. The van der Waals surface area contributed by atoms with Gasteiger partial charge in [-0.05, 0) is 133 Å². The van der Waals surface area contributed by atoms with Gasteiger partial charge in [-0.3, -0.25) is 19.1 Å². The molecule has 370 valence electrons. The van der Waals surface area contributed by atoms with E-state index in [1.54, 1.807) is 43.3 Å². The van der Waals surface area contributed by atoms with Gasteiger partial charge in [-0.25, -0.2) is 22.6 Å². The molecule has 3 aromatic rings. The second-order valence-electron chi connectivity index (χ2n) is 19.7. The minimum Gasteiger partial charge on any atom is -0.494 e. The summed E-state index contributed by atoms with van der Waals surface area (Å²) in [7, 11) is -2.82. The second-order valence-corrected chi connectivity index (χ2v) is 21.9. The van der Waals surface area contributed by atoms with Crippen molar-refractivity contribution >= 4 is 44.6 Å². The number of pyridine rings is 1. The van der Waals surface area contributed by atoms with E-state index >= 15 is 9.18 Å². The lowest BCUT2D eigenvalue weighted by atomic mass is 9.88. The minimum absolute atomic E-state index is 0.0494. The van der Waals surface area contributed by atoms with Crippen molar-refractivity contribution in [3.05, 3.63) is 60.4 Å². The molecule has 3 heterocycles. The summed E-state index contributed by atoms with van der Waals surface area (Å²) in [6, 6.07) is 8.50. The van der Waals surface area contributed by atoms with E-state index in [4.69, 9.17) is 23.9 Å². The van der Waals surface area contributed by atoms with Crippen LogP contribution < -0.4 is 29.6 Å². The molecule has 0 unspecified atom stereocenters. The zero-order valence-electron chi connectivity index (χ0n) is 39.3. The summed E-state index contributed by atoms with van der Waals surface area (Å²) in [4.78, 5) is 63.1. The fraction of sp³-hybridized carbons (Fsp3) is 0.562. The monoisotopic (exact) mass is 973 g/mol. The first kappa shape index (κ1) is 50.2. The van der Waals surface area contributed by atoms with Crippen molar-refractivity contribution in [1.29, 1.82) is 0 Å². The Bertz CT molecular complexity index is 2590. The molecule has 3 fully saturated rings. The molecule has 1 saturated heterocycles. The van der Waals surface area contributed by atoms with E-state index in [0.717, 1.165) is 4.90 Å². The normalized spacial score (nSPS) is 26.9. The van der Waals surface area contributed by atoms with Gasteiger partial charge in [0.25, 0.3) is 5.91 Å². The van der Waals surface area contributed by atoms with E-state index < -0.39 is 91.7 Å². The Morgan fingerprint density at radius 1 is 1.03 bits per heavy atom. The average molecular weight is 974 g/mol. The first-order valence-electron chi connectivity index (χ1n) is 22.8. The molecule has 68 heavy (non-hydrogen) atoms. The van der Waals surface area contributed by atoms with E-state index in [0.29, 0.717) is 68.3 Å². The van der Waals surface area contributed by atoms with E-state index in [-0.39, 0.29) is 48.4 Å². The van der Waals surface area contributed by atoms with Gasteiger partial charge in [0.2, 0.25) is 33.3 Å². The predicted octanol–water partition coefficient (Wildman–Crippen LogP) is 7.51. The molecule has 3 N–H and O–H groups in total. The second kappa shape index (κ2) is 18.7. The number of halogens is 4. The number of nitrogens with one attached hydrogen (secondary N) is 3. The van der Waals surface area contributed by atoms with Crippen molar-refractivity contribution in [3.63, 3.8) is 0 Å². The molecule has 2 aliphatic carbocycles. The maximum absolute atomic E-state index is 15.4. The van der Waals surface area contributed by atoms with Crippen LogP contribution in [0.25, 0.3) is 22.0 Å². The fourth-order valence-corrected chi connectivity index (χ4v) is 10.1. The first-order valence-corrected chi connectivity index (χ1v) is 24.3. The lowest BCUT2D eigenvalue weighted by molar-refractivity contribution is -0.244. The number of alkyl halides is 3. The van der Waals surface area contributed by atoms with Crippen LogP contribution in [-0.2, 0) is 29.1 Å². The van der Waals surface area contributed by atoms with Crippen LogP contribution in [0, 0.1) is 23.6 Å². The maximum Gasteiger partial charge on any atom is 0.427 e. The number of nitrogens with zero attached hydrogens (tertiary/aromatic N) is 2. The topological polar surface area (TPSA) is 192 Å². The highest BCUT2D eigenvalue weighted by Gasteiger charge is 2.63. The van der Waals surface area contributed by atoms with Crippen molar-refractivity contribution in [3.8, 4) is 28.6 Å². The molecular weight excluding hydrogens is 915 g/mol. The zero-order valence-corrected chi connectivity index (χ0v) is 40.1. The molecule has 0 spiro atoms. The number of methoxy groups -OCH3 is 1. The molecule has 20 heteroatoms. The van der Waals surface area contributed by atoms with Gasteiger partial charge in [-0.1, -0.05) is 26.0 Å². The molecule has 1 aromatic heterocycles. The van der Waals surface area contributed by atoms with Crippen molar-refractivity contribution < 1.29 is 64.1 Å². The van der Waals surface area contributed by atoms with Crippen LogP contribution in [0.1, 0.15) is 93.4 Å². The third-order valence-corrected chi connectivity index (χ3v) is 15.6. The van der Waals surface area contributed by atoms with Crippen LogP contribution in [0.4, 0.5) is 22.4 Å². The van der Waals surface area contributed by atoms with Gasteiger partial charge in [0.1, 0.15) is 29.5 Å². The third kappa shape index (κ3) is 10.5. The van der Waals surface area contributed by atoms with Crippen LogP contribution in [0.5, 0.6) is 17.4 Å². The summed E-state index contributed by atoms with van der Waals surface area (Å²) in [6.45, 7) is 9.87.